The van der Waals surface area contributed by atoms with Crippen molar-refractivity contribution in [3.05, 3.63) is 22.2 Å². The molecule has 0 aromatic carbocycles. The number of anilines is 2. The number of nitrogens with zero attached hydrogens (tertiary/aromatic N) is 4. The number of aromatic nitrogens is 1. The van der Waals surface area contributed by atoms with E-state index in [4.69, 9.17) is 5.84 Å². The molecule has 2 heterocycles. The van der Waals surface area contributed by atoms with Gasteiger partial charge in [0.1, 0.15) is 5.82 Å². The molecule has 1 aromatic rings. The molecule has 0 bridgehead atoms. The van der Waals surface area contributed by atoms with Gasteiger partial charge in [0.15, 0.2) is 0 Å². The SMILES string of the molecule is CCN1CCCC1CN(C)c1nc(NN)ccc1[N+](=O)[O-]. The molecule has 8 heteroatoms. The monoisotopic (exact) mass is 294 g/mol. The Bertz CT molecular complexity index is 509. The molecule has 1 unspecified atom stereocenters. The summed E-state index contributed by atoms with van der Waals surface area (Å²) in [7, 11) is 1.84. The first-order chi connectivity index (χ1) is 10.1. The van der Waals surface area contributed by atoms with Gasteiger partial charge < -0.3 is 10.3 Å². The van der Waals surface area contributed by atoms with E-state index in [0.717, 1.165) is 26.1 Å². The second kappa shape index (κ2) is 6.68. The number of likely N-dealkylation sites (N-methyl/N-ethyl adjacent to an activating group) is 2. The van der Waals surface area contributed by atoms with Crippen molar-refractivity contribution in [2.45, 2.75) is 25.8 Å². The molecule has 1 saturated heterocycles. The zero-order valence-electron chi connectivity index (χ0n) is 12.5. The summed E-state index contributed by atoms with van der Waals surface area (Å²) >= 11 is 0. The van der Waals surface area contributed by atoms with Crippen molar-refractivity contribution < 1.29 is 4.92 Å². The maximum absolute atomic E-state index is 11.2. The van der Waals surface area contributed by atoms with Crippen molar-refractivity contribution in [3.63, 3.8) is 0 Å². The van der Waals surface area contributed by atoms with E-state index in [9.17, 15) is 10.1 Å². The first kappa shape index (κ1) is 15.5. The van der Waals surface area contributed by atoms with Gasteiger partial charge >= 0.3 is 5.69 Å². The fraction of sp³-hybridized carbons (Fsp3) is 0.615. The Labute approximate surface area is 124 Å². The third-order valence-corrected chi connectivity index (χ3v) is 3.95. The zero-order chi connectivity index (χ0) is 15.4. The lowest BCUT2D eigenvalue weighted by Crippen LogP contribution is -2.39. The third-order valence-electron chi connectivity index (χ3n) is 3.95. The second-order valence-electron chi connectivity index (χ2n) is 5.25. The third kappa shape index (κ3) is 3.40. The van der Waals surface area contributed by atoms with Gasteiger partial charge in [-0.05, 0) is 32.0 Å². The smallest absolute Gasteiger partial charge is 0.311 e. The highest BCUT2D eigenvalue weighted by atomic mass is 16.6. The van der Waals surface area contributed by atoms with Crippen LogP contribution in [0.4, 0.5) is 17.3 Å². The summed E-state index contributed by atoms with van der Waals surface area (Å²) in [4.78, 5) is 19.2. The van der Waals surface area contributed by atoms with Gasteiger partial charge in [0.05, 0.1) is 4.92 Å². The normalized spacial score (nSPS) is 18.7. The van der Waals surface area contributed by atoms with E-state index in [1.807, 2.05) is 11.9 Å². The van der Waals surface area contributed by atoms with Crippen LogP contribution >= 0.6 is 0 Å². The largest absolute Gasteiger partial charge is 0.352 e. The van der Waals surface area contributed by atoms with Crippen molar-refractivity contribution in [2.75, 3.05) is 37.0 Å². The minimum atomic E-state index is -0.411. The summed E-state index contributed by atoms with van der Waals surface area (Å²) in [6.45, 7) is 4.95. The molecule has 1 aliphatic heterocycles. The topological polar surface area (TPSA) is 101 Å². The van der Waals surface area contributed by atoms with Crippen molar-refractivity contribution >= 4 is 17.3 Å². The molecule has 1 atom stereocenters. The molecule has 0 radical (unpaired) electrons. The molecular formula is C13H22N6O2. The van der Waals surface area contributed by atoms with Gasteiger partial charge in [0.2, 0.25) is 5.82 Å². The molecule has 0 saturated carbocycles. The molecule has 116 valence electrons. The predicted octanol–water partition coefficient (Wildman–Crippen LogP) is 1.20. The number of hydrogen-bond acceptors (Lipinski definition) is 7. The van der Waals surface area contributed by atoms with E-state index in [1.165, 1.54) is 18.6 Å². The molecule has 1 aliphatic rings. The quantitative estimate of drug-likeness (QED) is 0.462. The van der Waals surface area contributed by atoms with E-state index in [2.05, 4.69) is 22.2 Å². The van der Waals surface area contributed by atoms with Crippen LogP contribution in [0.5, 0.6) is 0 Å². The number of hydrogen-bond donors (Lipinski definition) is 2. The summed E-state index contributed by atoms with van der Waals surface area (Å²) in [5.41, 5.74) is 2.43. The molecule has 0 aliphatic carbocycles. The highest BCUT2D eigenvalue weighted by Crippen LogP contribution is 2.28. The van der Waals surface area contributed by atoms with Crippen LogP contribution in [0.25, 0.3) is 0 Å². The lowest BCUT2D eigenvalue weighted by atomic mass is 10.2. The fourth-order valence-electron chi connectivity index (χ4n) is 2.87. The molecule has 3 N–H and O–H groups in total. The molecule has 2 rings (SSSR count). The first-order valence-corrected chi connectivity index (χ1v) is 7.14. The Kier molecular flexibility index (Phi) is 4.92. The van der Waals surface area contributed by atoms with E-state index in [0.29, 0.717) is 17.7 Å². The zero-order valence-corrected chi connectivity index (χ0v) is 12.5. The van der Waals surface area contributed by atoms with Crippen LogP contribution < -0.4 is 16.2 Å². The van der Waals surface area contributed by atoms with Crippen LogP contribution in [0.2, 0.25) is 0 Å². The number of nitrogens with one attached hydrogen (secondary N) is 1. The van der Waals surface area contributed by atoms with Crippen LogP contribution in [0, 0.1) is 10.1 Å². The molecule has 21 heavy (non-hydrogen) atoms. The number of nitro groups is 1. The Balaban J connectivity index is 2.20. The van der Waals surface area contributed by atoms with Gasteiger partial charge in [-0.25, -0.2) is 10.8 Å². The van der Waals surface area contributed by atoms with Crippen LogP contribution in [0.1, 0.15) is 19.8 Å². The number of likely N-dealkylation sites (tertiary alicyclic amines) is 1. The lowest BCUT2D eigenvalue weighted by molar-refractivity contribution is -0.384. The predicted molar refractivity (Wildman–Crippen MR) is 82.2 cm³/mol. The first-order valence-electron chi connectivity index (χ1n) is 7.14. The summed E-state index contributed by atoms with van der Waals surface area (Å²) in [5, 5.41) is 11.2. The van der Waals surface area contributed by atoms with Crippen LogP contribution in [-0.2, 0) is 0 Å². The summed E-state index contributed by atoms with van der Waals surface area (Å²) in [5.74, 6) is 6.11. The average molecular weight is 294 g/mol. The van der Waals surface area contributed by atoms with Crippen LogP contribution in [0.3, 0.4) is 0 Å². The summed E-state index contributed by atoms with van der Waals surface area (Å²) in [6.07, 6.45) is 2.28. The van der Waals surface area contributed by atoms with E-state index >= 15 is 0 Å². The maximum Gasteiger partial charge on any atom is 0.311 e. The van der Waals surface area contributed by atoms with Crippen molar-refractivity contribution in [3.8, 4) is 0 Å². The number of nitrogens with two attached hydrogens (primary N) is 1. The molecule has 1 aromatic heterocycles. The standard InChI is InChI=1S/C13H22N6O2/c1-3-18-8-4-5-10(18)9-17(2)13-11(19(20)21)6-7-12(15-13)16-14/h6-7,10H,3-5,8-9,14H2,1-2H3,(H,15,16). The number of nitrogen functional groups attached to an aromatic ring is 1. The fourth-order valence-corrected chi connectivity index (χ4v) is 2.87. The van der Waals surface area contributed by atoms with Gasteiger partial charge in [0.25, 0.3) is 0 Å². The number of pyridine rings is 1. The molecule has 8 nitrogen and oxygen atoms in total. The van der Waals surface area contributed by atoms with Crippen LogP contribution in [0.15, 0.2) is 12.1 Å². The number of hydrazine groups is 1. The average Bonchev–Trinajstić information content (AvgIpc) is 2.93. The summed E-state index contributed by atoms with van der Waals surface area (Å²) in [6, 6.07) is 3.35. The highest BCUT2D eigenvalue weighted by molar-refractivity contribution is 5.61. The van der Waals surface area contributed by atoms with Crippen molar-refractivity contribution in [1.82, 2.24) is 9.88 Å². The molecule has 0 spiro atoms. The van der Waals surface area contributed by atoms with E-state index in [1.54, 1.807) is 0 Å². The highest BCUT2D eigenvalue weighted by Gasteiger charge is 2.27. The summed E-state index contributed by atoms with van der Waals surface area (Å²) < 4.78 is 0. The molecule has 1 fully saturated rings. The Hall–Kier alpha value is -1.93. The molecular weight excluding hydrogens is 272 g/mol. The van der Waals surface area contributed by atoms with Crippen molar-refractivity contribution in [1.29, 1.82) is 0 Å². The van der Waals surface area contributed by atoms with E-state index < -0.39 is 4.92 Å². The van der Waals surface area contributed by atoms with Gasteiger partial charge in [-0.2, -0.15) is 0 Å². The number of rotatable bonds is 6. The minimum absolute atomic E-state index is 0.00227. The van der Waals surface area contributed by atoms with Crippen molar-refractivity contribution in [2.24, 2.45) is 5.84 Å². The van der Waals surface area contributed by atoms with Gasteiger partial charge in [0, 0.05) is 25.7 Å². The Morgan fingerprint density at radius 1 is 1.62 bits per heavy atom. The van der Waals surface area contributed by atoms with Gasteiger partial charge in [-0.1, -0.05) is 6.92 Å². The minimum Gasteiger partial charge on any atom is -0.352 e. The van der Waals surface area contributed by atoms with Gasteiger partial charge in [-0.3, -0.25) is 15.0 Å². The maximum atomic E-state index is 11.2. The Morgan fingerprint density at radius 3 is 3.00 bits per heavy atom. The Morgan fingerprint density at radius 2 is 2.38 bits per heavy atom. The molecule has 0 amide bonds. The lowest BCUT2D eigenvalue weighted by Gasteiger charge is -2.28. The van der Waals surface area contributed by atoms with Crippen LogP contribution in [-0.4, -0.2) is 47.5 Å². The van der Waals surface area contributed by atoms with Gasteiger partial charge in [-0.15, -0.1) is 0 Å². The van der Waals surface area contributed by atoms with E-state index in [-0.39, 0.29) is 5.69 Å². The second-order valence-corrected chi connectivity index (χ2v) is 5.25.